The van der Waals surface area contributed by atoms with Crippen molar-refractivity contribution in [2.45, 2.75) is 6.42 Å². The molecule has 2 aromatic carbocycles. The van der Waals surface area contributed by atoms with Gasteiger partial charge >= 0.3 is 6.09 Å². The van der Waals surface area contributed by atoms with Crippen LogP contribution in [0.5, 0.6) is 17.2 Å². The van der Waals surface area contributed by atoms with E-state index in [9.17, 15) is 4.79 Å². The fourth-order valence-electron chi connectivity index (χ4n) is 2.01. The van der Waals surface area contributed by atoms with Crippen LogP contribution in [0.25, 0.3) is 0 Å². The van der Waals surface area contributed by atoms with Gasteiger partial charge in [-0.2, -0.15) is 0 Å². The van der Waals surface area contributed by atoms with E-state index < -0.39 is 6.09 Å². The van der Waals surface area contributed by atoms with Crippen molar-refractivity contribution in [2.24, 2.45) is 0 Å². The molecule has 116 valence electrons. The van der Waals surface area contributed by atoms with Crippen molar-refractivity contribution >= 4 is 6.09 Å². The highest BCUT2D eigenvalue weighted by Gasteiger charge is 2.07. The zero-order chi connectivity index (χ0) is 15.8. The third kappa shape index (κ3) is 4.41. The lowest BCUT2D eigenvalue weighted by atomic mass is 10.1. The molecular formula is C17H19NO4. The fourth-order valence-corrected chi connectivity index (χ4v) is 2.01. The summed E-state index contributed by atoms with van der Waals surface area (Å²) in [6, 6.07) is 14.5. The van der Waals surface area contributed by atoms with Gasteiger partial charge in [0.25, 0.3) is 0 Å². The Bertz CT molecular complexity index is 613. The highest BCUT2D eigenvalue weighted by Crippen LogP contribution is 2.24. The second kappa shape index (κ2) is 7.93. The molecule has 0 atom stereocenters. The lowest BCUT2D eigenvalue weighted by molar-refractivity contribution is 0.200. The summed E-state index contributed by atoms with van der Waals surface area (Å²) in [7, 11) is 3.23. The Hall–Kier alpha value is -2.69. The van der Waals surface area contributed by atoms with Gasteiger partial charge in [0.15, 0.2) is 0 Å². The van der Waals surface area contributed by atoms with Crippen LogP contribution in [-0.4, -0.2) is 26.9 Å². The molecule has 0 aromatic heterocycles. The molecule has 0 fully saturated rings. The highest BCUT2D eigenvalue weighted by atomic mass is 16.6. The summed E-state index contributed by atoms with van der Waals surface area (Å²) in [6.07, 6.45) is 0.137. The summed E-state index contributed by atoms with van der Waals surface area (Å²) in [5, 5.41) is 2.71. The average molecular weight is 301 g/mol. The Balaban J connectivity index is 1.86. The number of nitrogens with one attached hydrogen (secondary N) is 1. The summed E-state index contributed by atoms with van der Waals surface area (Å²) < 4.78 is 15.6. The summed E-state index contributed by atoms with van der Waals surface area (Å²) in [5.74, 6) is 2.03. The van der Waals surface area contributed by atoms with Crippen LogP contribution in [0.1, 0.15) is 5.56 Å². The fraction of sp³-hybridized carbons (Fsp3) is 0.235. The number of carbonyl (C=O) groups excluding carboxylic acids is 1. The Kier molecular flexibility index (Phi) is 5.65. The van der Waals surface area contributed by atoms with Crippen LogP contribution in [0.2, 0.25) is 0 Å². The minimum Gasteiger partial charge on any atom is -0.497 e. The van der Waals surface area contributed by atoms with Gasteiger partial charge in [0.05, 0.1) is 14.2 Å². The number of benzene rings is 2. The van der Waals surface area contributed by atoms with Gasteiger partial charge in [-0.15, -0.1) is 0 Å². The smallest absolute Gasteiger partial charge is 0.412 e. The second-order valence-electron chi connectivity index (χ2n) is 4.56. The van der Waals surface area contributed by atoms with Gasteiger partial charge < -0.3 is 19.5 Å². The molecule has 2 rings (SSSR count). The number of hydrogen-bond donors (Lipinski definition) is 1. The van der Waals surface area contributed by atoms with Crippen molar-refractivity contribution in [2.75, 3.05) is 20.8 Å². The zero-order valence-corrected chi connectivity index (χ0v) is 12.7. The molecule has 1 amide bonds. The molecule has 5 nitrogen and oxygen atoms in total. The van der Waals surface area contributed by atoms with Crippen molar-refractivity contribution in [3.63, 3.8) is 0 Å². The van der Waals surface area contributed by atoms with Crippen molar-refractivity contribution in [3.05, 3.63) is 54.1 Å². The minimum absolute atomic E-state index is 0.440. The van der Waals surface area contributed by atoms with Crippen LogP contribution >= 0.6 is 0 Å². The molecule has 0 aliphatic carbocycles. The summed E-state index contributed by atoms with van der Waals surface area (Å²) in [6.45, 7) is 0.440. The first-order valence-electron chi connectivity index (χ1n) is 6.94. The molecule has 0 bridgehead atoms. The molecule has 2 aromatic rings. The van der Waals surface area contributed by atoms with Gasteiger partial charge in [0.1, 0.15) is 17.2 Å². The lowest BCUT2D eigenvalue weighted by Crippen LogP contribution is -2.28. The number of hydrogen-bond acceptors (Lipinski definition) is 4. The van der Waals surface area contributed by atoms with E-state index in [-0.39, 0.29) is 0 Å². The zero-order valence-electron chi connectivity index (χ0n) is 12.7. The van der Waals surface area contributed by atoms with Crippen LogP contribution in [-0.2, 0) is 6.42 Å². The monoisotopic (exact) mass is 301 g/mol. The topological polar surface area (TPSA) is 56.8 Å². The van der Waals surface area contributed by atoms with Gasteiger partial charge in [-0.1, -0.05) is 18.2 Å². The van der Waals surface area contributed by atoms with E-state index in [0.717, 1.165) is 17.1 Å². The van der Waals surface area contributed by atoms with Gasteiger partial charge in [0.2, 0.25) is 0 Å². The quantitative estimate of drug-likeness (QED) is 0.891. The van der Waals surface area contributed by atoms with E-state index >= 15 is 0 Å². The molecule has 0 unspecified atom stereocenters. The largest absolute Gasteiger partial charge is 0.497 e. The molecule has 0 heterocycles. The molecule has 0 saturated carbocycles. The molecule has 0 spiro atoms. The van der Waals surface area contributed by atoms with Gasteiger partial charge in [0, 0.05) is 6.54 Å². The molecule has 1 N–H and O–H groups in total. The maximum atomic E-state index is 11.7. The number of rotatable bonds is 6. The highest BCUT2D eigenvalue weighted by molar-refractivity contribution is 5.70. The maximum absolute atomic E-state index is 11.7. The van der Waals surface area contributed by atoms with E-state index in [1.165, 1.54) is 0 Å². The van der Waals surface area contributed by atoms with E-state index in [1.54, 1.807) is 26.4 Å². The third-order valence-corrected chi connectivity index (χ3v) is 3.10. The third-order valence-electron chi connectivity index (χ3n) is 3.10. The van der Waals surface area contributed by atoms with E-state index in [0.29, 0.717) is 18.7 Å². The Morgan fingerprint density at radius 1 is 1.00 bits per heavy atom. The van der Waals surface area contributed by atoms with E-state index in [1.807, 2.05) is 36.4 Å². The van der Waals surface area contributed by atoms with E-state index in [4.69, 9.17) is 14.2 Å². The summed E-state index contributed by atoms with van der Waals surface area (Å²) >= 11 is 0. The van der Waals surface area contributed by atoms with Gasteiger partial charge in [-0.3, -0.25) is 0 Å². The SMILES string of the molecule is COc1ccc(OC)c(CCNC(=O)Oc2ccccc2)c1. The average Bonchev–Trinajstić information content (AvgIpc) is 2.55. The lowest BCUT2D eigenvalue weighted by Gasteiger charge is -2.11. The standard InChI is InChI=1S/C17H19NO4/c1-20-15-8-9-16(21-2)13(12-15)10-11-18-17(19)22-14-6-4-3-5-7-14/h3-9,12H,10-11H2,1-2H3,(H,18,19). The van der Waals surface area contributed by atoms with Crippen LogP contribution in [0, 0.1) is 0 Å². The van der Waals surface area contributed by atoms with Crippen molar-refractivity contribution in [1.29, 1.82) is 0 Å². The molecule has 22 heavy (non-hydrogen) atoms. The van der Waals surface area contributed by atoms with Crippen LogP contribution < -0.4 is 19.5 Å². The van der Waals surface area contributed by atoms with Crippen molar-refractivity contribution in [1.82, 2.24) is 5.32 Å². The number of para-hydroxylation sites is 1. The van der Waals surface area contributed by atoms with Gasteiger partial charge in [-0.05, 0) is 42.3 Å². The Morgan fingerprint density at radius 2 is 1.77 bits per heavy atom. The number of methoxy groups -OCH3 is 2. The Morgan fingerprint density at radius 3 is 2.45 bits per heavy atom. The first kappa shape index (κ1) is 15.7. The normalized spacial score (nSPS) is 9.91. The van der Waals surface area contributed by atoms with Crippen LogP contribution in [0.3, 0.4) is 0 Å². The Labute approximate surface area is 129 Å². The van der Waals surface area contributed by atoms with Gasteiger partial charge in [-0.25, -0.2) is 4.79 Å². The first-order valence-corrected chi connectivity index (χ1v) is 6.94. The van der Waals surface area contributed by atoms with E-state index in [2.05, 4.69) is 5.32 Å². The van der Waals surface area contributed by atoms with Crippen molar-refractivity contribution in [3.8, 4) is 17.2 Å². The predicted octanol–water partition coefficient (Wildman–Crippen LogP) is 3.03. The molecule has 0 aliphatic heterocycles. The number of carbonyl (C=O) groups is 1. The molecule has 0 saturated heterocycles. The molecular weight excluding hydrogens is 282 g/mol. The number of amides is 1. The van der Waals surface area contributed by atoms with Crippen molar-refractivity contribution < 1.29 is 19.0 Å². The molecule has 5 heteroatoms. The second-order valence-corrected chi connectivity index (χ2v) is 4.56. The van der Waals surface area contributed by atoms with Crippen LogP contribution in [0.15, 0.2) is 48.5 Å². The first-order chi connectivity index (χ1) is 10.7. The predicted molar refractivity (Wildman–Crippen MR) is 83.7 cm³/mol. The molecule has 0 radical (unpaired) electrons. The summed E-state index contributed by atoms with van der Waals surface area (Å²) in [5.41, 5.74) is 0.960. The summed E-state index contributed by atoms with van der Waals surface area (Å²) in [4.78, 5) is 11.7. The maximum Gasteiger partial charge on any atom is 0.412 e. The minimum atomic E-state index is -0.479. The van der Waals surface area contributed by atoms with Crippen LogP contribution in [0.4, 0.5) is 4.79 Å². The number of ether oxygens (including phenoxy) is 3. The molecule has 0 aliphatic rings.